The first-order valence-electron chi connectivity index (χ1n) is 6.50. The Morgan fingerprint density at radius 2 is 2.17 bits per heavy atom. The van der Waals surface area contributed by atoms with E-state index in [0.29, 0.717) is 12.1 Å². The molecule has 5 nitrogen and oxygen atoms in total. The van der Waals surface area contributed by atoms with Crippen LogP contribution in [0.2, 0.25) is 0 Å². The fourth-order valence-corrected chi connectivity index (χ4v) is 2.31. The maximum Gasteiger partial charge on any atom is 0.372 e. The molecule has 0 aliphatic carbocycles. The summed E-state index contributed by atoms with van der Waals surface area (Å²) in [5.41, 5.74) is 0.709. The molecule has 18 heavy (non-hydrogen) atoms. The van der Waals surface area contributed by atoms with Crippen molar-refractivity contribution in [1.29, 1.82) is 0 Å². The highest BCUT2D eigenvalue weighted by atomic mass is 16.4. The molecule has 1 saturated heterocycles. The van der Waals surface area contributed by atoms with Gasteiger partial charge in [0.2, 0.25) is 5.76 Å². The number of nitrogens with zero attached hydrogens (tertiary/aromatic N) is 1. The zero-order valence-corrected chi connectivity index (χ0v) is 10.5. The van der Waals surface area contributed by atoms with Crippen LogP contribution in [0.4, 0.5) is 0 Å². The van der Waals surface area contributed by atoms with Gasteiger partial charge in [0.1, 0.15) is 0 Å². The molecule has 2 rings (SSSR count). The predicted octanol–water partition coefficient (Wildman–Crippen LogP) is 1.55. The van der Waals surface area contributed by atoms with E-state index in [9.17, 15) is 4.79 Å². The number of hydrogen-bond acceptors (Lipinski definition) is 4. The number of likely N-dealkylation sites (tertiary alicyclic amines) is 1. The summed E-state index contributed by atoms with van der Waals surface area (Å²) in [6.45, 7) is 4.83. The van der Waals surface area contributed by atoms with Gasteiger partial charge in [0.15, 0.2) is 0 Å². The smallest absolute Gasteiger partial charge is 0.372 e. The number of hydrogen-bond donors (Lipinski definition) is 2. The molecule has 0 radical (unpaired) electrons. The van der Waals surface area contributed by atoms with Crippen LogP contribution in [0.25, 0.3) is 0 Å². The Balaban J connectivity index is 1.68. The zero-order chi connectivity index (χ0) is 12.8. The minimum absolute atomic E-state index is 0.0421. The first-order chi connectivity index (χ1) is 8.77. The van der Waals surface area contributed by atoms with Gasteiger partial charge >= 0.3 is 5.97 Å². The van der Waals surface area contributed by atoms with Gasteiger partial charge in [-0.15, -0.1) is 0 Å². The first-order valence-corrected chi connectivity index (χ1v) is 6.50. The van der Waals surface area contributed by atoms with E-state index >= 15 is 0 Å². The lowest BCUT2D eigenvalue weighted by Gasteiger charge is -2.26. The Kier molecular flexibility index (Phi) is 4.78. The van der Waals surface area contributed by atoms with Gasteiger partial charge in [-0.25, -0.2) is 4.79 Å². The number of aromatic carboxylic acids is 1. The fourth-order valence-electron chi connectivity index (χ4n) is 2.31. The van der Waals surface area contributed by atoms with Crippen molar-refractivity contribution in [3.05, 3.63) is 23.7 Å². The van der Waals surface area contributed by atoms with Crippen molar-refractivity contribution in [2.24, 2.45) is 0 Å². The molecule has 2 heterocycles. The third-order valence-electron chi connectivity index (χ3n) is 3.31. The monoisotopic (exact) mass is 252 g/mol. The van der Waals surface area contributed by atoms with Gasteiger partial charge < -0.3 is 19.7 Å². The van der Waals surface area contributed by atoms with Gasteiger partial charge in [-0.3, -0.25) is 0 Å². The summed E-state index contributed by atoms with van der Waals surface area (Å²) in [4.78, 5) is 13.3. The van der Waals surface area contributed by atoms with Gasteiger partial charge in [-0.1, -0.05) is 6.42 Å². The van der Waals surface area contributed by atoms with E-state index in [1.165, 1.54) is 38.6 Å². The molecule has 0 saturated carbocycles. The van der Waals surface area contributed by atoms with E-state index in [2.05, 4.69) is 10.2 Å². The van der Waals surface area contributed by atoms with E-state index in [-0.39, 0.29) is 5.76 Å². The average Bonchev–Trinajstić information content (AvgIpc) is 2.84. The molecule has 0 aromatic carbocycles. The van der Waals surface area contributed by atoms with Crippen LogP contribution in [0.1, 0.15) is 35.4 Å². The van der Waals surface area contributed by atoms with Crippen LogP contribution in [0.15, 0.2) is 16.7 Å². The Morgan fingerprint density at radius 3 is 2.89 bits per heavy atom. The molecule has 2 N–H and O–H groups in total. The van der Waals surface area contributed by atoms with Gasteiger partial charge in [0.05, 0.1) is 6.26 Å². The standard InChI is InChI=1S/C13H20N2O3/c16-13(17)12-11(4-9-18-12)10-14-5-8-15-6-2-1-3-7-15/h4,9,14H,1-3,5-8,10H2,(H,16,17). The molecule has 0 atom stereocenters. The highest BCUT2D eigenvalue weighted by Gasteiger charge is 2.13. The summed E-state index contributed by atoms with van der Waals surface area (Å²) in [6.07, 6.45) is 5.36. The number of carboxylic acids is 1. The lowest BCUT2D eigenvalue weighted by molar-refractivity contribution is 0.0660. The van der Waals surface area contributed by atoms with Crippen LogP contribution >= 0.6 is 0 Å². The molecule has 1 aromatic heterocycles. The first kappa shape index (κ1) is 13.1. The number of nitrogens with one attached hydrogen (secondary N) is 1. The SMILES string of the molecule is O=C(O)c1occc1CNCCN1CCCCC1. The van der Waals surface area contributed by atoms with Crippen LogP contribution in [-0.2, 0) is 6.54 Å². The van der Waals surface area contributed by atoms with Crippen molar-refractivity contribution in [3.8, 4) is 0 Å². The molecule has 1 aromatic rings. The third kappa shape index (κ3) is 3.58. The normalized spacial score (nSPS) is 16.9. The summed E-state index contributed by atoms with van der Waals surface area (Å²) in [7, 11) is 0. The summed E-state index contributed by atoms with van der Waals surface area (Å²) in [5, 5.41) is 12.2. The summed E-state index contributed by atoms with van der Waals surface area (Å²) in [5.74, 6) is -0.965. The molecule has 1 aliphatic heterocycles. The topological polar surface area (TPSA) is 65.7 Å². The van der Waals surface area contributed by atoms with Crippen molar-refractivity contribution >= 4 is 5.97 Å². The fraction of sp³-hybridized carbons (Fsp3) is 0.615. The highest BCUT2D eigenvalue weighted by Crippen LogP contribution is 2.10. The maximum absolute atomic E-state index is 10.8. The second kappa shape index (κ2) is 6.56. The van der Waals surface area contributed by atoms with Crippen LogP contribution in [0, 0.1) is 0 Å². The predicted molar refractivity (Wildman–Crippen MR) is 67.7 cm³/mol. The van der Waals surface area contributed by atoms with Crippen molar-refractivity contribution in [2.45, 2.75) is 25.8 Å². The summed E-state index contributed by atoms with van der Waals surface area (Å²) >= 11 is 0. The number of rotatable bonds is 6. The number of piperidine rings is 1. The molecule has 0 bridgehead atoms. The lowest BCUT2D eigenvalue weighted by atomic mass is 10.1. The Morgan fingerprint density at radius 1 is 1.39 bits per heavy atom. The molecular weight excluding hydrogens is 232 g/mol. The minimum Gasteiger partial charge on any atom is -0.475 e. The Labute approximate surface area is 107 Å². The van der Waals surface area contributed by atoms with E-state index < -0.39 is 5.97 Å². The van der Waals surface area contributed by atoms with E-state index in [0.717, 1.165) is 13.1 Å². The van der Waals surface area contributed by atoms with E-state index in [1.54, 1.807) is 6.07 Å². The third-order valence-corrected chi connectivity index (χ3v) is 3.31. The van der Waals surface area contributed by atoms with E-state index in [1.807, 2.05) is 0 Å². The van der Waals surface area contributed by atoms with Crippen LogP contribution in [0.3, 0.4) is 0 Å². The molecule has 1 fully saturated rings. The number of carboxylic acid groups (broad SMARTS) is 1. The van der Waals surface area contributed by atoms with Gasteiger partial charge in [0, 0.05) is 25.2 Å². The molecule has 5 heteroatoms. The molecule has 0 unspecified atom stereocenters. The molecule has 0 amide bonds. The minimum atomic E-state index is -1.01. The lowest BCUT2D eigenvalue weighted by Crippen LogP contribution is -2.35. The van der Waals surface area contributed by atoms with Crippen LogP contribution in [0.5, 0.6) is 0 Å². The van der Waals surface area contributed by atoms with Gasteiger partial charge in [-0.2, -0.15) is 0 Å². The summed E-state index contributed by atoms with van der Waals surface area (Å²) in [6, 6.07) is 1.71. The highest BCUT2D eigenvalue weighted by molar-refractivity contribution is 5.86. The molecular formula is C13H20N2O3. The van der Waals surface area contributed by atoms with Crippen LogP contribution in [-0.4, -0.2) is 42.2 Å². The molecule has 100 valence electrons. The Hall–Kier alpha value is -1.33. The molecule has 1 aliphatic rings. The van der Waals surface area contributed by atoms with Gasteiger partial charge in [-0.05, 0) is 32.0 Å². The summed E-state index contributed by atoms with van der Waals surface area (Å²) < 4.78 is 4.92. The van der Waals surface area contributed by atoms with Crippen molar-refractivity contribution in [3.63, 3.8) is 0 Å². The van der Waals surface area contributed by atoms with Crippen molar-refractivity contribution in [1.82, 2.24) is 10.2 Å². The van der Waals surface area contributed by atoms with E-state index in [4.69, 9.17) is 9.52 Å². The average molecular weight is 252 g/mol. The zero-order valence-electron chi connectivity index (χ0n) is 10.5. The second-order valence-corrected chi connectivity index (χ2v) is 4.66. The number of furan rings is 1. The number of carbonyl (C=O) groups is 1. The maximum atomic E-state index is 10.8. The van der Waals surface area contributed by atoms with Crippen molar-refractivity contribution < 1.29 is 14.3 Å². The Bertz CT molecular complexity index is 383. The van der Waals surface area contributed by atoms with Crippen LogP contribution < -0.4 is 5.32 Å². The quantitative estimate of drug-likeness (QED) is 0.752. The largest absolute Gasteiger partial charge is 0.475 e. The second-order valence-electron chi connectivity index (χ2n) is 4.66. The molecule has 0 spiro atoms. The van der Waals surface area contributed by atoms with Crippen molar-refractivity contribution in [2.75, 3.05) is 26.2 Å². The van der Waals surface area contributed by atoms with Gasteiger partial charge in [0.25, 0.3) is 0 Å².